The Balaban J connectivity index is 2.28. The third kappa shape index (κ3) is 9.25. The van der Waals surface area contributed by atoms with Crippen LogP contribution in [-0.4, -0.2) is 77.4 Å². The van der Waals surface area contributed by atoms with Crippen LogP contribution >= 0.6 is 12.2 Å². The molecule has 0 spiro atoms. The van der Waals surface area contributed by atoms with Gasteiger partial charge in [0.15, 0.2) is 29.7 Å². The summed E-state index contributed by atoms with van der Waals surface area (Å²) in [5, 5.41) is 6.73. The van der Waals surface area contributed by atoms with Gasteiger partial charge >= 0.3 is 23.9 Å². The summed E-state index contributed by atoms with van der Waals surface area (Å²) in [4.78, 5) is 50.8. The monoisotopic (exact) mass is 510 g/mol. The molecule has 1 aromatic heterocycles. The largest absolute Gasteiger partial charge is 0.463 e. The fourth-order valence-electron chi connectivity index (χ4n) is 3.12. The highest BCUT2D eigenvalue weighted by Crippen LogP contribution is 2.28. The number of hydrogen-bond donors (Lipinski definition) is 2. The number of hydrogen-bond acceptors (Lipinski definition) is 12. The first kappa shape index (κ1) is 27.6. The van der Waals surface area contributed by atoms with Crippen molar-refractivity contribution in [2.45, 2.75) is 58.3 Å². The first-order valence-electron chi connectivity index (χ1n) is 10.4. The van der Waals surface area contributed by atoms with E-state index >= 15 is 0 Å². The van der Waals surface area contributed by atoms with E-state index in [2.05, 4.69) is 20.8 Å². The zero-order valence-corrected chi connectivity index (χ0v) is 20.3. The fraction of sp³-hybridized carbons (Fsp3) is 0.476. The number of hydrazone groups is 1. The van der Waals surface area contributed by atoms with Crippen molar-refractivity contribution in [3.05, 3.63) is 30.1 Å². The number of carbonyl (C=O) groups excluding carboxylic acids is 4. The zero-order chi connectivity index (χ0) is 26.0. The molecule has 0 aliphatic carbocycles. The highest BCUT2D eigenvalue weighted by Gasteiger charge is 2.52. The molecule has 190 valence electrons. The Bertz CT molecular complexity index is 959. The molecule has 2 heterocycles. The second kappa shape index (κ2) is 13.3. The summed E-state index contributed by atoms with van der Waals surface area (Å²) in [5.41, 5.74) is 3.28. The summed E-state index contributed by atoms with van der Waals surface area (Å²) >= 11 is 5.24. The van der Waals surface area contributed by atoms with Crippen LogP contribution in [0.3, 0.4) is 0 Å². The minimum absolute atomic E-state index is 0.0361. The molecule has 0 amide bonds. The number of nitrogens with zero attached hydrogens (tertiary/aromatic N) is 2. The van der Waals surface area contributed by atoms with Crippen molar-refractivity contribution in [3.63, 3.8) is 0 Å². The first-order valence-corrected chi connectivity index (χ1v) is 10.8. The lowest BCUT2D eigenvalue weighted by molar-refractivity contribution is -0.254. The van der Waals surface area contributed by atoms with Crippen LogP contribution in [0, 0.1) is 0 Å². The lowest BCUT2D eigenvalue weighted by atomic mass is 9.97. The molecule has 1 saturated heterocycles. The molecule has 0 bridgehead atoms. The van der Waals surface area contributed by atoms with E-state index < -0.39 is 54.5 Å². The van der Waals surface area contributed by atoms with Gasteiger partial charge in [-0.15, -0.1) is 0 Å². The normalized spacial score (nSPS) is 23.6. The second-order valence-corrected chi connectivity index (χ2v) is 7.66. The molecule has 1 fully saturated rings. The van der Waals surface area contributed by atoms with Crippen LogP contribution in [0.4, 0.5) is 0 Å². The molecule has 1 aromatic rings. The van der Waals surface area contributed by atoms with Gasteiger partial charge in [0, 0.05) is 45.7 Å². The van der Waals surface area contributed by atoms with E-state index in [9.17, 15) is 19.2 Å². The SMILES string of the molecule is CC(=O)OC[C@H]1O[C@@H](NC(=S)N/N=C/c2cccnc2)[C@H](OC(C)=O)[C@@H](OC(C)=O)[C@@H]1OC(C)=O. The van der Waals surface area contributed by atoms with E-state index in [4.69, 9.17) is 35.9 Å². The summed E-state index contributed by atoms with van der Waals surface area (Å²) in [6, 6.07) is 3.50. The predicted molar refractivity (Wildman–Crippen MR) is 123 cm³/mol. The van der Waals surface area contributed by atoms with Gasteiger partial charge < -0.3 is 29.0 Å². The summed E-state index contributed by atoms with van der Waals surface area (Å²) in [6.45, 7) is 4.24. The van der Waals surface area contributed by atoms with Crippen molar-refractivity contribution in [1.29, 1.82) is 0 Å². The Morgan fingerprint density at radius 3 is 2.23 bits per heavy atom. The molecular formula is C21H26N4O9S. The van der Waals surface area contributed by atoms with Gasteiger partial charge in [0.25, 0.3) is 0 Å². The Hall–Kier alpha value is -3.65. The molecule has 2 rings (SSSR count). The second-order valence-electron chi connectivity index (χ2n) is 7.25. The van der Waals surface area contributed by atoms with Gasteiger partial charge in [0.2, 0.25) is 0 Å². The number of carbonyl (C=O) groups is 4. The molecule has 1 aliphatic rings. The number of pyridine rings is 1. The van der Waals surface area contributed by atoms with Crippen LogP contribution in [0.25, 0.3) is 0 Å². The highest BCUT2D eigenvalue weighted by molar-refractivity contribution is 7.80. The van der Waals surface area contributed by atoms with Crippen molar-refractivity contribution in [2.24, 2.45) is 5.10 Å². The maximum absolute atomic E-state index is 11.8. The summed E-state index contributed by atoms with van der Waals surface area (Å²) in [7, 11) is 0. The third-order valence-electron chi connectivity index (χ3n) is 4.33. The van der Waals surface area contributed by atoms with E-state index in [1.807, 2.05) is 0 Å². The van der Waals surface area contributed by atoms with Crippen LogP contribution in [-0.2, 0) is 42.9 Å². The number of ether oxygens (including phenoxy) is 5. The van der Waals surface area contributed by atoms with Crippen LogP contribution < -0.4 is 10.7 Å². The lowest BCUT2D eigenvalue weighted by Crippen LogP contribution is -2.66. The minimum Gasteiger partial charge on any atom is -0.463 e. The smallest absolute Gasteiger partial charge is 0.303 e. The Labute approximate surface area is 206 Å². The van der Waals surface area contributed by atoms with E-state index in [0.29, 0.717) is 5.56 Å². The van der Waals surface area contributed by atoms with Crippen molar-refractivity contribution in [1.82, 2.24) is 15.7 Å². The van der Waals surface area contributed by atoms with E-state index in [-0.39, 0.29) is 11.7 Å². The summed E-state index contributed by atoms with van der Waals surface area (Å²) in [5.74, 6) is -2.81. The molecule has 14 heteroatoms. The molecule has 0 radical (unpaired) electrons. The van der Waals surface area contributed by atoms with Gasteiger partial charge in [0.05, 0.1) is 6.21 Å². The van der Waals surface area contributed by atoms with Gasteiger partial charge in [0.1, 0.15) is 12.7 Å². The average Bonchev–Trinajstić information content (AvgIpc) is 2.76. The molecule has 5 atom stereocenters. The van der Waals surface area contributed by atoms with Gasteiger partial charge in [-0.05, 0) is 18.3 Å². The molecule has 0 unspecified atom stereocenters. The van der Waals surface area contributed by atoms with Gasteiger partial charge in [-0.1, -0.05) is 6.07 Å². The number of thiocarbonyl (C=S) groups is 1. The van der Waals surface area contributed by atoms with Crippen LogP contribution in [0.2, 0.25) is 0 Å². The number of aromatic nitrogens is 1. The van der Waals surface area contributed by atoms with Crippen molar-refractivity contribution >= 4 is 47.4 Å². The maximum Gasteiger partial charge on any atom is 0.303 e. The summed E-state index contributed by atoms with van der Waals surface area (Å²) < 4.78 is 26.9. The molecular weight excluding hydrogens is 484 g/mol. The molecule has 0 aromatic carbocycles. The maximum atomic E-state index is 11.8. The topological polar surface area (TPSA) is 164 Å². The Morgan fingerprint density at radius 2 is 1.66 bits per heavy atom. The van der Waals surface area contributed by atoms with Crippen molar-refractivity contribution in [3.8, 4) is 0 Å². The lowest BCUT2D eigenvalue weighted by Gasteiger charge is -2.44. The molecule has 35 heavy (non-hydrogen) atoms. The van der Waals surface area contributed by atoms with Crippen molar-refractivity contribution in [2.75, 3.05) is 6.61 Å². The standard InChI is InChI=1S/C21H26N4O9S/c1-11(26)30-10-16-17(31-12(2)27)18(32-13(3)28)19(33-14(4)29)20(34-16)24-21(35)25-23-9-15-6-5-7-22-8-15/h5-9,16-20H,10H2,1-4H3,(H2,24,25,35)/b23-9+/t16-,17-,18+,19-,20-/m1/s1. The van der Waals surface area contributed by atoms with Crippen molar-refractivity contribution < 1.29 is 42.9 Å². The van der Waals surface area contributed by atoms with E-state index in [1.54, 1.807) is 24.5 Å². The first-order chi connectivity index (χ1) is 16.6. The number of nitrogens with one attached hydrogen (secondary N) is 2. The van der Waals surface area contributed by atoms with E-state index in [0.717, 1.165) is 20.8 Å². The quantitative estimate of drug-likeness (QED) is 0.158. The Kier molecular flexibility index (Phi) is 10.5. The molecule has 0 saturated carbocycles. The molecule has 13 nitrogen and oxygen atoms in total. The fourth-order valence-corrected chi connectivity index (χ4v) is 3.29. The van der Waals surface area contributed by atoms with Gasteiger partial charge in [-0.2, -0.15) is 5.10 Å². The van der Waals surface area contributed by atoms with E-state index in [1.165, 1.54) is 13.1 Å². The minimum atomic E-state index is -1.31. The van der Waals surface area contributed by atoms with Crippen LogP contribution in [0.5, 0.6) is 0 Å². The zero-order valence-electron chi connectivity index (χ0n) is 19.5. The molecule has 1 aliphatic heterocycles. The number of esters is 4. The molecule has 2 N–H and O–H groups in total. The Morgan fingerprint density at radius 1 is 1.03 bits per heavy atom. The van der Waals surface area contributed by atoms with Gasteiger partial charge in [-0.25, -0.2) is 0 Å². The van der Waals surface area contributed by atoms with Gasteiger partial charge in [-0.3, -0.25) is 29.6 Å². The van der Waals surface area contributed by atoms with Crippen LogP contribution in [0.1, 0.15) is 33.3 Å². The third-order valence-corrected chi connectivity index (χ3v) is 4.54. The van der Waals surface area contributed by atoms with Crippen LogP contribution in [0.15, 0.2) is 29.6 Å². The highest BCUT2D eigenvalue weighted by atomic mass is 32.1. The summed E-state index contributed by atoms with van der Waals surface area (Å²) in [6.07, 6.45) is -1.51. The number of rotatable bonds is 8. The average molecular weight is 511 g/mol. The predicted octanol–water partition coefficient (Wildman–Crippen LogP) is -0.0373.